The number of carbonyl (C=O) groups is 1. The number of anilines is 2. The van der Waals surface area contributed by atoms with Crippen molar-refractivity contribution in [3.05, 3.63) is 79.1 Å². The number of sulfonamides is 1. The Kier molecular flexibility index (Phi) is 6.46. The van der Waals surface area contributed by atoms with Crippen molar-refractivity contribution in [3.8, 4) is 5.75 Å². The van der Waals surface area contributed by atoms with Gasteiger partial charge in [0, 0.05) is 6.20 Å². The number of carbonyl (C=O) groups excluding carboxylic acids is 1. The zero-order valence-electron chi connectivity index (χ0n) is 15.9. The molecule has 3 rings (SSSR count). The second kappa shape index (κ2) is 9.20. The predicted octanol–water partition coefficient (Wildman–Crippen LogP) is 3.31. The van der Waals surface area contributed by atoms with Gasteiger partial charge in [-0.05, 0) is 55.5 Å². The van der Waals surface area contributed by atoms with Crippen molar-refractivity contribution in [1.82, 2.24) is 4.98 Å². The van der Waals surface area contributed by atoms with Crippen LogP contribution in [-0.4, -0.2) is 32.5 Å². The summed E-state index contributed by atoms with van der Waals surface area (Å²) in [5, 5.41) is 2.67. The topological polar surface area (TPSA) is 88.6 Å². The lowest BCUT2D eigenvalue weighted by Crippen LogP contribution is -2.38. The quantitative estimate of drug-likeness (QED) is 0.614. The van der Waals surface area contributed by atoms with Crippen molar-refractivity contribution < 1.29 is 17.9 Å². The zero-order chi connectivity index (χ0) is 20.7. The SMILES string of the molecule is CCOc1ccc(N(CC(=O)Nc2cccnc2)S(=O)(=O)c2ccccc2)cc1. The molecule has 0 atom stereocenters. The highest BCUT2D eigenvalue weighted by Crippen LogP contribution is 2.26. The van der Waals surface area contributed by atoms with Crippen LogP contribution < -0.4 is 14.4 Å². The maximum Gasteiger partial charge on any atom is 0.264 e. The molecule has 0 unspecified atom stereocenters. The number of benzene rings is 2. The van der Waals surface area contributed by atoms with E-state index in [4.69, 9.17) is 4.74 Å². The molecule has 1 N–H and O–H groups in total. The molecule has 1 aromatic heterocycles. The average Bonchev–Trinajstić information content (AvgIpc) is 2.74. The number of ether oxygens (including phenoxy) is 1. The van der Waals surface area contributed by atoms with Crippen molar-refractivity contribution in [2.45, 2.75) is 11.8 Å². The van der Waals surface area contributed by atoms with E-state index in [-0.39, 0.29) is 11.4 Å². The minimum Gasteiger partial charge on any atom is -0.494 e. The van der Waals surface area contributed by atoms with Gasteiger partial charge in [-0.15, -0.1) is 0 Å². The molecule has 7 nitrogen and oxygen atoms in total. The van der Waals surface area contributed by atoms with Gasteiger partial charge in [-0.3, -0.25) is 14.1 Å². The van der Waals surface area contributed by atoms with E-state index in [0.29, 0.717) is 23.7 Å². The molecule has 1 heterocycles. The summed E-state index contributed by atoms with van der Waals surface area (Å²) in [7, 11) is -3.95. The van der Waals surface area contributed by atoms with Crippen LogP contribution in [0.3, 0.4) is 0 Å². The Morgan fingerprint density at radius 3 is 2.38 bits per heavy atom. The number of nitrogens with one attached hydrogen (secondary N) is 1. The average molecular weight is 411 g/mol. The lowest BCUT2D eigenvalue weighted by Gasteiger charge is -2.24. The summed E-state index contributed by atoms with van der Waals surface area (Å²) in [6.07, 6.45) is 3.08. The van der Waals surface area contributed by atoms with Crippen LogP contribution in [0.2, 0.25) is 0 Å². The van der Waals surface area contributed by atoms with Crippen molar-refractivity contribution >= 4 is 27.3 Å². The van der Waals surface area contributed by atoms with Crippen LogP contribution >= 0.6 is 0 Å². The van der Waals surface area contributed by atoms with Crippen LogP contribution in [0.5, 0.6) is 5.75 Å². The van der Waals surface area contributed by atoms with Crippen LogP contribution in [-0.2, 0) is 14.8 Å². The molecule has 0 saturated carbocycles. The van der Waals surface area contributed by atoms with Crippen LogP contribution in [0.15, 0.2) is 84.0 Å². The summed E-state index contributed by atoms with van der Waals surface area (Å²) >= 11 is 0. The molecule has 1 amide bonds. The minimum absolute atomic E-state index is 0.100. The first-order valence-electron chi connectivity index (χ1n) is 9.01. The second-order valence-corrected chi connectivity index (χ2v) is 7.90. The molecule has 3 aromatic rings. The van der Waals surface area contributed by atoms with Gasteiger partial charge in [0.1, 0.15) is 12.3 Å². The molecule has 0 fully saturated rings. The Balaban J connectivity index is 1.92. The van der Waals surface area contributed by atoms with E-state index in [2.05, 4.69) is 10.3 Å². The number of hydrogen-bond donors (Lipinski definition) is 1. The van der Waals surface area contributed by atoms with Crippen molar-refractivity contribution in [3.63, 3.8) is 0 Å². The third-order valence-electron chi connectivity index (χ3n) is 4.00. The Bertz CT molecular complexity index is 1040. The van der Waals surface area contributed by atoms with E-state index in [0.717, 1.165) is 4.31 Å². The van der Waals surface area contributed by atoms with E-state index in [1.807, 2.05) is 6.92 Å². The first-order valence-corrected chi connectivity index (χ1v) is 10.4. The highest BCUT2D eigenvalue weighted by Gasteiger charge is 2.27. The molecule has 0 aliphatic heterocycles. The summed E-state index contributed by atoms with van der Waals surface area (Å²) in [5.41, 5.74) is 0.847. The lowest BCUT2D eigenvalue weighted by molar-refractivity contribution is -0.114. The molecule has 0 saturated heterocycles. The lowest BCUT2D eigenvalue weighted by atomic mass is 10.3. The van der Waals surface area contributed by atoms with Gasteiger partial charge in [0.05, 0.1) is 29.1 Å². The van der Waals surface area contributed by atoms with Crippen LogP contribution in [0, 0.1) is 0 Å². The second-order valence-electron chi connectivity index (χ2n) is 6.04. The fourth-order valence-electron chi connectivity index (χ4n) is 2.68. The molecule has 2 aromatic carbocycles. The van der Waals surface area contributed by atoms with E-state index in [9.17, 15) is 13.2 Å². The molecule has 0 radical (unpaired) electrons. The summed E-state index contributed by atoms with van der Waals surface area (Å²) in [5.74, 6) is 0.138. The Labute approximate surface area is 170 Å². The minimum atomic E-state index is -3.95. The molecule has 0 aliphatic rings. The number of pyridine rings is 1. The molecular formula is C21H21N3O4S. The van der Waals surface area contributed by atoms with Crippen molar-refractivity contribution in [2.24, 2.45) is 0 Å². The van der Waals surface area contributed by atoms with E-state index in [1.54, 1.807) is 60.8 Å². The van der Waals surface area contributed by atoms with E-state index < -0.39 is 15.9 Å². The van der Waals surface area contributed by atoms with Gasteiger partial charge in [-0.1, -0.05) is 18.2 Å². The highest BCUT2D eigenvalue weighted by atomic mass is 32.2. The summed E-state index contributed by atoms with van der Waals surface area (Å²) in [4.78, 5) is 16.6. The standard InChI is InChI=1S/C21H21N3O4S/c1-2-28-19-12-10-18(11-13-19)24(29(26,27)20-8-4-3-5-9-20)16-21(25)23-17-7-6-14-22-15-17/h3-15H,2,16H2,1H3,(H,23,25). The van der Waals surface area contributed by atoms with Gasteiger partial charge in [0.2, 0.25) is 5.91 Å². The smallest absolute Gasteiger partial charge is 0.264 e. The maximum absolute atomic E-state index is 13.2. The highest BCUT2D eigenvalue weighted by molar-refractivity contribution is 7.92. The zero-order valence-corrected chi connectivity index (χ0v) is 16.7. The van der Waals surface area contributed by atoms with Crippen molar-refractivity contribution in [1.29, 1.82) is 0 Å². The van der Waals surface area contributed by atoms with Gasteiger partial charge >= 0.3 is 0 Å². The number of aromatic nitrogens is 1. The largest absolute Gasteiger partial charge is 0.494 e. The molecular weight excluding hydrogens is 390 g/mol. The van der Waals surface area contributed by atoms with Gasteiger partial charge in [0.15, 0.2) is 0 Å². The number of rotatable bonds is 8. The fourth-order valence-corrected chi connectivity index (χ4v) is 4.12. The molecule has 29 heavy (non-hydrogen) atoms. The first kappa shape index (κ1) is 20.3. The summed E-state index contributed by atoms with van der Waals surface area (Å²) < 4.78 is 33.0. The predicted molar refractivity (Wildman–Crippen MR) is 111 cm³/mol. The van der Waals surface area contributed by atoms with Gasteiger partial charge in [0.25, 0.3) is 10.0 Å². The van der Waals surface area contributed by atoms with Gasteiger partial charge in [-0.25, -0.2) is 8.42 Å². The van der Waals surface area contributed by atoms with E-state index >= 15 is 0 Å². The Hall–Kier alpha value is -3.39. The summed E-state index contributed by atoms with van der Waals surface area (Å²) in [6.45, 7) is 1.97. The molecule has 150 valence electrons. The van der Waals surface area contributed by atoms with Crippen LogP contribution in [0.1, 0.15) is 6.92 Å². The monoisotopic (exact) mass is 411 g/mol. The van der Waals surface area contributed by atoms with Crippen LogP contribution in [0.25, 0.3) is 0 Å². The molecule has 0 bridgehead atoms. The molecule has 8 heteroatoms. The van der Waals surface area contributed by atoms with E-state index in [1.165, 1.54) is 18.3 Å². The number of amides is 1. The maximum atomic E-state index is 13.2. The normalized spacial score (nSPS) is 10.9. The number of hydrogen-bond acceptors (Lipinski definition) is 5. The Morgan fingerprint density at radius 1 is 1.03 bits per heavy atom. The van der Waals surface area contributed by atoms with Gasteiger partial charge < -0.3 is 10.1 Å². The first-order chi connectivity index (χ1) is 14.0. The van der Waals surface area contributed by atoms with Crippen molar-refractivity contribution in [2.75, 3.05) is 22.8 Å². The third-order valence-corrected chi connectivity index (χ3v) is 5.79. The molecule has 0 aliphatic carbocycles. The molecule has 0 spiro atoms. The third kappa shape index (κ3) is 5.11. The van der Waals surface area contributed by atoms with Crippen LogP contribution in [0.4, 0.5) is 11.4 Å². The summed E-state index contributed by atoms with van der Waals surface area (Å²) in [6, 6.07) is 17.9. The fraction of sp³-hybridized carbons (Fsp3) is 0.143. The number of nitrogens with zero attached hydrogens (tertiary/aromatic N) is 2. The Morgan fingerprint density at radius 2 is 1.76 bits per heavy atom. The van der Waals surface area contributed by atoms with Gasteiger partial charge in [-0.2, -0.15) is 0 Å².